The third-order valence-electron chi connectivity index (χ3n) is 4.01. The third-order valence-corrected chi connectivity index (χ3v) is 4.01. The number of carbonyl (C=O) groups is 3. The Kier molecular flexibility index (Phi) is 9.65. The molecule has 0 radical (unpaired) electrons. The van der Waals surface area contributed by atoms with Crippen LogP contribution in [0.1, 0.15) is 47.5 Å². The maximum absolute atomic E-state index is 12.3. The van der Waals surface area contributed by atoms with E-state index in [1.54, 1.807) is 7.05 Å². The third kappa shape index (κ3) is 6.13. The van der Waals surface area contributed by atoms with Crippen molar-refractivity contribution in [3.63, 3.8) is 0 Å². The standard InChI is InChI=1S/C16H31N3O3/c1-7-11(5)13(9-20)19-15(21)12(8-2)18-16(22)14(17-6)10(3)4/h9-14,17H,7-8H2,1-6H3,(H,18,22)(H,19,21)/t11-,12-,13+,14-/m0/s1. The summed E-state index contributed by atoms with van der Waals surface area (Å²) in [4.78, 5) is 35.6. The van der Waals surface area contributed by atoms with Crippen molar-refractivity contribution in [2.24, 2.45) is 11.8 Å². The van der Waals surface area contributed by atoms with Crippen molar-refractivity contribution < 1.29 is 14.4 Å². The largest absolute Gasteiger partial charge is 0.345 e. The van der Waals surface area contributed by atoms with Gasteiger partial charge in [0.1, 0.15) is 12.3 Å². The van der Waals surface area contributed by atoms with Gasteiger partial charge in [-0.25, -0.2) is 0 Å². The molecule has 0 saturated heterocycles. The molecule has 0 rings (SSSR count). The SMILES string of the molecule is CC[C@H](NC(=O)[C@@H](NC)C(C)C)C(=O)N[C@H](C=O)[C@@H](C)CC. The van der Waals surface area contributed by atoms with Crippen molar-refractivity contribution in [1.82, 2.24) is 16.0 Å². The summed E-state index contributed by atoms with van der Waals surface area (Å²) < 4.78 is 0. The Morgan fingerprint density at radius 1 is 1.00 bits per heavy atom. The van der Waals surface area contributed by atoms with E-state index in [1.807, 2.05) is 34.6 Å². The van der Waals surface area contributed by atoms with Crippen molar-refractivity contribution >= 4 is 18.1 Å². The summed E-state index contributed by atoms with van der Waals surface area (Å²) in [7, 11) is 1.72. The molecule has 0 aromatic carbocycles. The lowest BCUT2D eigenvalue weighted by Crippen LogP contribution is -2.55. The summed E-state index contributed by atoms with van der Waals surface area (Å²) in [5.41, 5.74) is 0. The molecule has 6 nitrogen and oxygen atoms in total. The second kappa shape index (κ2) is 10.3. The number of nitrogens with one attached hydrogen (secondary N) is 3. The fourth-order valence-corrected chi connectivity index (χ4v) is 2.21. The van der Waals surface area contributed by atoms with E-state index in [9.17, 15) is 14.4 Å². The van der Waals surface area contributed by atoms with E-state index < -0.39 is 12.1 Å². The maximum atomic E-state index is 12.3. The van der Waals surface area contributed by atoms with Gasteiger partial charge in [-0.1, -0.05) is 41.0 Å². The molecule has 3 N–H and O–H groups in total. The van der Waals surface area contributed by atoms with Gasteiger partial charge >= 0.3 is 0 Å². The average molecular weight is 313 g/mol. The van der Waals surface area contributed by atoms with E-state index in [1.165, 1.54) is 0 Å². The van der Waals surface area contributed by atoms with Gasteiger partial charge < -0.3 is 20.7 Å². The molecule has 0 aliphatic rings. The van der Waals surface area contributed by atoms with Gasteiger partial charge in [-0.15, -0.1) is 0 Å². The molecule has 128 valence electrons. The number of amides is 2. The number of likely N-dealkylation sites (N-methyl/N-ethyl adjacent to an activating group) is 1. The lowest BCUT2D eigenvalue weighted by molar-refractivity contribution is -0.131. The number of carbonyl (C=O) groups excluding carboxylic acids is 3. The highest BCUT2D eigenvalue weighted by Crippen LogP contribution is 2.07. The average Bonchev–Trinajstić information content (AvgIpc) is 2.49. The van der Waals surface area contributed by atoms with Crippen LogP contribution >= 0.6 is 0 Å². The number of hydrogen-bond donors (Lipinski definition) is 3. The van der Waals surface area contributed by atoms with Crippen LogP contribution in [0.5, 0.6) is 0 Å². The lowest BCUT2D eigenvalue weighted by atomic mass is 9.99. The molecule has 0 saturated carbocycles. The normalized spacial score (nSPS) is 16.5. The molecule has 2 amide bonds. The molecule has 0 bridgehead atoms. The summed E-state index contributed by atoms with van der Waals surface area (Å²) in [6, 6.07) is -1.50. The molecular formula is C16H31N3O3. The molecule has 22 heavy (non-hydrogen) atoms. The molecule has 0 spiro atoms. The Morgan fingerprint density at radius 2 is 1.59 bits per heavy atom. The van der Waals surface area contributed by atoms with Crippen LogP contribution in [0, 0.1) is 11.8 Å². The maximum Gasteiger partial charge on any atom is 0.243 e. The van der Waals surface area contributed by atoms with Crippen LogP contribution in [0.3, 0.4) is 0 Å². The summed E-state index contributed by atoms with van der Waals surface area (Å²) in [6.07, 6.45) is 2.02. The Hall–Kier alpha value is -1.43. The molecule has 6 heteroatoms. The number of aldehydes is 1. The first kappa shape index (κ1) is 20.6. The van der Waals surface area contributed by atoms with Gasteiger partial charge in [0, 0.05) is 0 Å². The zero-order valence-electron chi connectivity index (χ0n) is 14.6. The van der Waals surface area contributed by atoms with Crippen LogP contribution in [0.2, 0.25) is 0 Å². The van der Waals surface area contributed by atoms with Gasteiger partial charge in [-0.3, -0.25) is 9.59 Å². The van der Waals surface area contributed by atoms with Crippen molar-refractivity contribution in [3.8, 4) is 0 Å². The fourth-order valence-electron chi connectivity index (χ4n) is 2.21. The van der Waals surface area contributed by atoms with Gasteiger partial charge in [-0.05, 0) is 25.3 Å². The fraction of sp³-hybridized carbons (Fsp3) is 0.812. The minimum Gasteiger partial charge on any atom is -0.345 e. The van der Waals surface area contributed by atoms with E-state index in [-0.39, 0.29) is 29.7 Å². The molecule has 0 aromatic rings. The van der Waals surface area contributed by atoms with Crippen LogP contribution in [0.4, 0.5) is 0 Å². The smallest absolute Gasteiger partial charge is 0.243 e. The number of rotatable bonds is 10. The first-order valence-electron chi connectivity index (χ1n) is 8.05. The Morgan fingerprint density at radius 3 is 1.95 bits per heavy atom. The quantitative estimate of drug-likeness (QED) is 0.522. The van der Waals surface area contributed by atoms with Crippen LogP contribution in [0.25, 0.3) is 0 Å². The van der Waals surface area contributed by atoms with E-state index in [2.05, 4.69) is 16.0 Å². The Labute approximate surface area is 133 Å². The molecule has 0 fully saturated rings. The van der Waals surface area contributed by atoms with Gasteiger partial charge in [0.2, 0.25) is 11.8 Å². The highest BCUT2D eigenvalue weighted by atomic mass is 16.2. The summed E-state index contributed by atoms with van der Waals surface area (Å²) in [6.45, 7) is 9.58. The van der Waals surface area contributed by atoms with E-state index >= 15 is 0 Å². The van der Waals surface area contributed by atoms with E-state index in [0.29, 0.717) is 6.42 Å². The van der Waals surface area contributed by atoms with Gasteiger partial charge in [0.05, 0.1) is 12.1 Å². The molecule has 0 aliphatic carbocycles. The van der Waals surface area contributed by atoms with Crippen molar-refractivity contribution in [2.75, 3.05) is 7.05 Å². The molecular weight excluding hydrogens is 282 g/mol. The van der Waals surface area contributed by atoms with Crippen LogP contribution in [-0.2, 0) is 14.4 Å². The Balaban J connectivity index is 4.78. The van der Waals surface area contributed by atoms with Crippen molar-refractivity contribution in [1.29, 1.82) is 0 Å². The highest BCUT2D eigenvalue weighted by Gasteiger charge is 2.27. The monoisotopic (exact) mass is 313 g/mol. The second-order valence-electron chi connectivity index (χ2n) is 6.04. The van der Waals surface area contributed by atoms with Crippen molar-refractivity contribution in [3.05, 3.63) is 0 Å². The first-order chi connectivity index (χ1) is 10.3. The predicted molar refractivity (Wildman–Crippen MR) is 87.4 cm³/mol. The van der Waals surface area contributed by atoms with Gasteiger partial charge in [0.15, 0.2) is 0 Å². The molecule has 0 heterocycles. The molecule has 0 unspecified atom stereocenters. The molecule has 0 aliphatic heterocycles. The highest BCUT2D eigenvalue weighted by molar-refractivity contribution is 5.90. The second-order valence-corrected chi connectivity index (χ2v) is 6.04. The topological polar surface area (TPSA) is 87.3 Å². The van der Waals surface area contributed by atoms with Crippen molar-refractivity contribution in [2.45, 2.75) is 65.6 Å². The summed E-state index contributed by atoms with van der Waals surface area (Å²) >= 11 is 0. The predicted octanol–water partition coefficient (Wildman–Crippen LogP) is 0.855. The first-order valence-corrected chi connectivity index (χ1v) is 8.05. The van der Waals surface area contributed by atoms with Crippen LogP contribution < -0.4 is 16.0 Å². The molecule has 4 atom stereocenters. The summed E-state index contributed by atoms with van der Waals surface area (Å²) in [5.74, 6) is -0.332. The minimum absolute atomic E-state index is 0.0652. The number of hydrogen-bond acceptors (Lipinski definition) is 4. The van der Waals surface area contributed by atoms with Gasteiger partial charge in [-0.2, -0.15) is 0 Å². The lowest BCUT2D eigenvalue weighted by Gasteiger charge is -2.25. The zero-order valence-corrected chi connectivity index (χ0v) is 14.6. The van der Waals surface area contributed by atoms with E-state index in [4.69, 9.17) is 0 Å². The van der Waals surface area contributed by atoms with Gasteiger partial charge in [0.25, 0.3) is 0 Å². The minimum atomic E-state index is -0.631. The van der Waals surface area contributed by atoms with Crippen LogP contribution in [-0.4, -0.2) is 43.3 Å². The van der Waals surface area contributed by atoms with E-state index in [0.717, 1.165) is 12.7 Å². The zero-order chi connectivity index (χ0) is 17.3. The molecule has 0 aromatic heterocycles. The Bertz CT molecular complexity index is 372. The van der Waals surface area contributed by atoms with Crippen LogP contribution in [0.15, 0.2) is 0 Å². The summed E-state index contributed by atoms with van der Waals surface area (Å²) in [5, 5.41) is 8.42.